The lowest BCUT2D eigenvalue weighted by atomic mass is 9.95. The first-order valence-electron chi connectivity index (χ1n) is 30.9. The van der Waals surface area contributed by atoms with Gasteiger partial charge in [0.15, 0.2) is 12.6 Å². The summed E-state index contributed by atoms with van der Waals surface area (Å²) in [4.78, 5) is 103. The number of unbranched alkanes of at least 4 members (excludes halogenated alkanes) is 15. The van der Waals surface area contributed by atoms with Crippen LogP contribution in [0.4, 0.5) is 5.69 Å². The van der Waals surface area contributed by atoms with E-state index in [2.05, 4.69) is 33.5 Å². The molecule has 22 heteroatoms. The first-order chi connectivity index (χ1) is 41.5. The zero-order chi connectivity index (χ0) is 62.1. The topological polar surface area (TPSA) is 304 Å². The number of primary amides is 1. The molecule has 0 radical (unpaired) electrons. The molecule has 2 aliphatic heterocycles. The van der Waals surface area contributed by atoms with Crippen molar-refractivity contribution in [3.63, 3.8) is 0 Å². The maximum absolute atomic E-state index is 13.9. The number of ether oxygens (including phenoxy) is 6. The Morgan fingerprint density at radius 2 is 1.30 bits per heavy atom. The number of hydrogen-bond acceptors (Lipinski definition) is 15. The van der Waals surface area contributed by atoms with E-state index in [4.69, 9.17) is 34.2 Å². The SMILES string of the molecule is CCCCCCCCCCCCCCCCCC(=O)NCCCC[C@H](NC(=O)CC[C@@H](NC(=O)[C@H](C)NC(=O)C(C)OC1C(NC(C)=O)C(OCc2ccccc2)OC2COC(c3ccccc3)OC21)C(N)=O)C(=O)OCc1cccc([N+](=O)[O-])c1. The second-order valence-corrected chi connectivity index (χ2v) is 22.4. The maximum atomic E-state index is 13.9. The third-order valence-corrected chi connectivity index (χ3v) is 15.2. The summed E-state index contributed by atoms with van der Waals surface area (Å²) in [7, 11) is 0. The molecule has 2 heterocycles. The first kappa shape index (κ1) is 69.9. The Balaban J connectivity index is 1.10. The van der Waals surface area contributed by atoms with Gasteiger partial charge in [0.25, 0.3) is 5.69 Å². The lowest BCUT2D eigenvalue weighted by Crippen LogP contribution is -2.68. The molecule has 3 aromatic rings. The van der Waals surface area contributed by atoms with Crippen molar-refractivity contribution in [1.82, 2.24) is 26.6 Å². The number of esters is 1. The number of nitro benzene ring substituents is 1. The fourth-order valence-corrected chi connectivity index (χ4v) is 10.3. The number of nitrogens with zero attached hydrogens (tertiary/aromatic N) is 1. The molecule has 0 aliphatic carbocycles. The second kappa shape index (κ2) is 39.0. The molecule has 22 nitrogen and oxygen atoms in total. The summed E-state index contributed by atoms with van der Waals surface area (Å²) in [5.74, 6) is -4.47. The van der Waals surface area contributed by atoms with Gasteiger partial charge in [-0.3, -0.25) is 38.9 Å². The minimum Gasteiger partial charge on any atom is -0.459 e. The highest BCUT2D eigenvalue weighted by Gasteiger charge is 2.52. The van der Waals surface area contributed by atoms with Gasteiger partial charge in [-0.15, -0.1) is 0 Å². The van der Waals surface area contributed by atoms with Crippen molar-refractivity contribution in [2.45, 2.75) is 237 Å². The van der Waals surface area contributed by atoms with E-state index < -0.39 is 102 Å². The van der Waals surface area contributed by atoms with Crippen LogP contribution in [0.1, 0.15) is 186 Å². The van der Waals surface area contributed by atoms with E-state index in [9.17, 15) is 43.7 Å². The van der Waals surface area contributed by atoms with Gasteiger partial charge < -0.3 is 60.7 Å². The van der Waals surface area contributed by atoms with Crippen LogP contribution in [0.25, 0.3) is 0 Å². The Kier molecular flexibility index (Phi) is 31.7. The van der Waals surface area contributed by atoms with E-state index in [1.54, 1.807) is 6.07 Å². The molecule has 10 atom stereocenters. The molecule has 474 valence electrons. The van der Waals surface area contributed by atoms with Gasteiger partial charge in [0.1, 0.15) is 55.2 Å². The molecule has 5 rings (SSSR count). The maximum Gasteiger partial charge on any atom is 0.328 e. The standard InChI is InChI=1S/C64H93N7O15/c1-5-6-7-8-9-10-11-12-13-14-15-16-17-18-25-36-54(73)66-39-27-26-35-52(62(78)81-42-48-31-28-34-50(40-48)71(79)80)69-55(74)38-37-51(59(65)75)70-60(76)44(2)67-61(77)45(3)84-58-56(68-46(4)72)64(82-41-47-29-21-19-22-30-47)85-53-43-83-63(86-57(53)58)49-32-23-20-24-33-49/h19-24,28-34,40,44-45,51-53,56-58,63-64H,5-18,25-27,35-39,41-43H2,1-4H3,(H2,65,75)(H,66,73)(H,67,77)(H,68,72)(H,69,74)(H,70,76)/t44-,45?,51+,52-,53?,56?,57?,58?,63?,64?/m0/s1. The van der Waals surface area contributed by atoms with Crippen LogP contribution in [-0.2, 0) is 75.2 Å². The van der Waals surface area contributed by atoms with Crippen molar-refractivity contribution >= 4 is 47.1 Å². The Hall–Kier alpha value is -6.85. The van der Waals surface area contributed by atoms with Crippen LogP contribution >= 0.6 is 0 Å². The number of rotatable bonds is 41. The van der Waals surface area contributed by atoms with Gasteiger partial charge in [-0.25, -0.2) is 4.79 Å². The van der Waals surface area contributed by atoms with Crippen LogP contribution in [0.5, 0.6) is 0 Å². The van der Waals surface area contributed by atoms with Crippen LogP contribution < -0.4 is 32.3 Å². The summed E-state index contributed by atoms with van der Waals surface area (Å²) in [6, 6.07) is 19.3. The molecule has 0 aromatic heterocycles. The van der Waals surface area contributed by atoms with Crippen molar-refractivity contribution < 1.29 is 66.9 Å². The smallest absolute Gasteiger partial charge is 0.328 e. The number of benzene rings is 3. The molecule has 86 heavy (non-hydrogen) atoms. The highest BCUT2D eigenvalue weighted by atomic mass is 16.8. The lowest BCUT2D eigenvalue weighted by Gasteiger charge is -2.49. The number of carbonyl (C=O) groups is 7. The summed E-state index contributed by atoms with van der Waals surface area (Å²) in [5.41, 5.74) is 7.42. The molecular formula is C64H93N7O15. The summed E-state index contributed by atoms with van der Waals surface area (Å²) in [6.07, 6.45) is 13.4. The number of nitro groups is 1. The molecule has 2 saturated heterocycles. The van der Waals surface area contributed by atoms with Crippen molar-refractivity contribution in [3.05, 3.63) is 112 Å². The molecule has 6 amide bonds. The van der Waals surface area contributed by atoms with E-state index in [1.165, 1.54) is 116 Å². The summed E-state index contributed by atoms with van der Waals surface area (Å²) in [6.45, 7) is 6.63. The van der Waals surface area contributed by atoms with Gasteiger partial charge in [0.05, 0.1) is 18.1 Å². The molecule has 0 spiro atoms. The van der Waals surface area contributed by atoms with Gasteiger partial charge in [0, 0.05) is 44.0 Å². The lowest BCUT2D eigenvalue weighted by molar-refractivity contribution is -0.385. The molecule has 2 fully saturated rings. The van der Waals surface area contributed by atoms with E-state index in [0.717, 1.165) is 30.4 Å². The highest BCUT2D eigenvalue weighted by molar-refractivity contribution is 5.92. The predicted molar refractivity (Wildman–Crippen MR) is 321 cm³/mol. The minimum absolute atomic E-state index is 0.0538. The van der Waals surface area contributed by atoms with Gasteiger partial charge in [-0.1, -0.05) is 170 Å². The Labute approximate surface area is 506 Å². The second-order valence-electron chi connectivity index (χ2n) is 22.4. The van der Waals surface area contributed by atoms with Crippen LogP contribution in [0.15, 0.2) is 84.9 Å². The van der Waals surface area contributed by atoms with Crippen LogP contribution in [-0.4, -0.2) is 114 Å². The van der Waals surface area contributed by atoms with E-state index in [-0.39, 0.29) is 50.7 Å². The fraction of sp³-hybridized carbons (Fsp3) is 0.609. The van der Waals surface area contributed by atoms with Gasteiger partial charge in [-0.05, 0) is 57.1 Å². The number of nitrogens with one attached hydrogen (secondary N) is 5. The molecule has 2 aliphatic rings. The third-order valence-electron chi connectivity index (χ3n) is 15.2. The summed E-state index contributed by atoms with van der Waals surface area (Å²) in [5, 5.41) is 24.9. The fourth-order valence-electron chi connectivity index (χ4n) is 10.3. The normalized spacial score (nSPS) is 19.5. The number of fused-ring (bicyclic) bond motifs is 1. The monoisotopic (exact) mass is 1200 g/mol. The van der Waals surface area contributed by atoms with Gasteiger partial charge in [-0.2, -0.15) is 0 Å². The molecule has 7 unspecified atom stereocenters. The first-order valence-corrected chi connectivity index (χ1v) is 30.9. The number of amides is 6. The molecular weight excluding hydrogens is 1110 g/mol. The number of non-ortho nitro benzene ring substituents is 1. The van der Waals surface area contributed by atoms with Crippen molar-refractivity contribution in [2.75, 3.05) is 13.2 Å². The summed E-state index contributed by atoms with van der Waals surface area (Å²) >= 11 is 0. The van der Waals surface area contributed by atoms with Gasteiger partial charge >= 0.3 is 5.97 Å². The Morgan fingerprint density at radius 1 is 0.674 bits per heavy atom. The Morgan fingerprint density at radius 3 is 1.93 bits per heavy atom. The van der Waals surface area contributed by atoms with Crippen molar-refractivity contribution in [2.24, 2.45) is 5.73 Å². The van der Waals surface area contributed by atoms with Crippen LogP contribution in [0.3, 0.4) is 0 Å². The number of nitrogens with two attached hydrogens (primary N) is 1. The van der Waals surface area contributed by atoms with E-state index in [0.29, 0.717) is 31.4 Å². The molecule has 0 bridgehead atoms. The molecule has 7 N–H and O–H groups in total. The minimum atomic E-state index is -1.38. The van der Waals surface area contributed by atoms with Crippen LogP contribution in [0, 0.1) is 10.1 Å². The van der Waals surface area contributed by atoms with Crippen molar-refractivity contribution in [3.8, 4) is 0 Å². The van der Waals surface area contributed by atoms with Crippen molar-refractivity contribution in [1.29, 1.82) is 0 Å². The van der Waals surface area contributed by atoms with E-state index in [1.807, 2.05) is 60.7 Å². The third kappa shape index (κ3) is 25.6. The quantitative estimate of drug-likeness (QED) is 0.0135. The zero-order valence-electron chi connectivity index (χ0n) is 50.7. The van der Waals surface area contributed by atoms with Gasteiger partial charge in [0.2, 0.25) is 35.4 Å². The molecule has 3 aromatic carbocycles. The zero-order valence-corrected chi connectivity index (χ0v) is 50.7. The number of hydrogen-bond donors (Lipinski definition) is 6. The molecule has 0 saturated carbocycles. The van der Waals surface area contributed by atoms with Crippen LogP contribution in [0.2, 0.25) is 0 Å². The Bertz CT molecular complexity index is 2560. The summed E-state index contributed by atoms with van der Waals surface area (Å²) < 4.78 is 37.1. The highest BCUT2D eigenvalue weighted by Crippen LogP contribution is 2.36. The largest absolute Gasteiger partial charge is 0.459 e. The average molecular weight is 1200 g/mol. The number of carbonyl (C=O) groups excluding carboxylic acids is 7. The predicted octanol–water partition coefficient (Wildman–Crippen LogP) is 8.26. The van der Waals surface area contributed by atoms with E-state index >= 15 is 0 Å². The average Bonchev–Trinajstić information content (AvgIpc) is 0.934.